The summed E-state index contributed by atoms with van der Waals surface area (Å²) in [7, 11) is 0. The van der Waals surface area contributed by atoms with Gasteiger partial charge >= 0.3 is 174 Å². The van der Waals surface area contributed by atoms with Crippen LogP contribution in [0.15, 0.2) is 60.7 Å². The summed E-state index contributed by atoms with van der Waals surface area (Å²) in [6, 6.07) is 22.4. The van der Waals surface area contributed by atoms with Crippen LogP contribution in [0.2, 0.25) is 19.0 Å². The van der Waals surface area contributed by atoms with Crippen molar-refractivity contribution in [3.8, 4) is 0 Å². The van der Waals surface area contributed by atoms with E-state index in [2.05, 4.69) is 116 Å². The van der Waals surface area contributed by atoms with Gasteiger partial charge < -0.3 is 0 Å². The molecule has 0 N–H and O–H groups in total. The summed E-state index contributed by atoms with van der Waals surface area (Å²) in [5.41, 5.74) is 0. The Morgan fingerprint density at radius 1 is 0.519 bits per heavy atom. The molecular weight excluding hydrogens is 449 g/mol. The van der Waals surface area contributed by atoms with Gasteiger partial charge in [0, 0.05) is 0 Å². The summed E-state index contributed by atoms with van der Waals surface area (Å²) in [4.78, 5) is 0. The SMILES string of the molecule is C[CH](C)[Ge]([O][Ge]([CH](C)C)([CH](C)C)[CH](C)C)([c]1ccccc1)[c]1ccccc1. The molecule has 0 aliphatic carbocycles. The van der Waals surface area contributed by atoms with E-state index in [0.717, 1.165) is 0 Å². The molecule has 2 aromatic carbocycles. The van der Waals surface area contributed by atoms with Crippen LogP contribution in [0.3, 0.4) is 0 Å². The fourth-order valence-corrected chi connectivity index (χ4v) is 42.4. The van der Waals surface area contributed by atoms with Crippen molar-refractivity contribution in [2.24, 2.45) is 0 Å². The Labute approximate surface area is 173 Å². The van der Waals surface area contributed by atoms with Crippen molar-refractivity contribution in [1.29, 1.82) is 0 Å². The van der Waals surface area contributed by atoms with Crippen LogP contribution >= 0.6 is 0 Å². The molecule has 148 valence electrons. The average Bonchev–Trinajstić information content (AvgIpc) is 2.63. The van der Waals surface area contributed by atoms with Crippen LogP contribution in [0.5, 0.6) is 0 Å². The minimum atomic E-state index is -3.05. The summed E-state index contributed by atoms with van der Waals surface area (Å²) in [5, 5.41) is 0. The summed E-state index contributed by atoms with van der Waals surface area (Å²) < 4.78 is 13.2. The maximum atomic E-state index is 7.82. The van der Waals surface area contributed by atoms with Gasteiger partial charge in [0.25, 0.3) is 0 Å². The zero-order valence-electron chi connectivity index (χ0n) is 18.5. The normalized spacial score (nSPS) is 13.2. The van der Waals surface area contributed by atoms with Gasteiger partial charge in [-0.05, 0) is 0 Å². The molecule has 0 heterocycles. The zero-order valence-corrected chi connectivity index (χ0v) is 22.7. The van der Waals surface area contributed by atoms with E-state index in [-0.39, 0.29) is 0 Å². The van der Waals surface area contributed by atoms with Crippen LogP contribution in [-0.2, 0) is 2.79 Å². The van der Waals surface area contributed by atoms with Gasteiger partial charge in [-0.3, -0.25) is 0 Å². The Kier molecular flexibility index (Phi) is 7.86. The second-order valence-corrected chi connectivity index (χ2v) is 30.5. The zero-order chi connectivity index (χ0) is 20.2. The van der Waals surface area contributed by atoms with Crippen molar-refractivity contribution in [3.05, 3.63) is 60.7 Å². The third-order valence-electron chi connectivity index (χ3n) is 6.26. The van der Waals surface area contributed by atoms with Gasteiger partial charge in [0.05, 0.1) is 0 Å². The van der Waals surface area contributed by atoms with E-state index in [1.807, 2.05) is 0 Å². The first-order valence-electron chi connectivity index (χ1n) is 10.5. The molecule has 0 unspecified atom stereocenters. The van der Waals surface area contributed by atoms with Crippen LogP contribution in [0.25, 0.3) is 0 Å². The maximum absolute atomic E-state index is 7.82. The summed E-state index contributed by atoms with van der Waals surface area (Å²) in [6.07, 6.45) is 0. The first-order chi connectivity index (χ1) is 12.7. The second-order valence-electron chi connectivity index (χ2n) is 9.04. The molecular formula is C24H38Ge2O. The van der Waals surface area contributed by atoms with E-state index in [1.165, 1.54) is 8.79 Å². The van der Waals surface area contributed by atoms with Crippen molar-refractivity contribution >= 4 is 36.0 Å². The Bertz CT molecular complexity index is 632. The first kappa shape index (κ1) is 22.8. The van der Waals surface area contributed by atoms with Gasteiger partial charge in [0.15, 0.2) is 0 Å². The summed E-state index contributed by atoms with van der Waals surface area (Å²) in [5.74, 6) is 0. The molecule has 0 atom stereocenters. The molecule has 1 nitrogen and oxygen atoms in total. The molecule has 2 aromatic rings. The van der Waals surface area contributed by atoms with Crippen LogP contribution in [0.1, 0.15) is 55.4 Å². The number of hydrogen-bond acceptors (Lipinski definition) is 1. The topological polar surface area (TPSA) is 9.23 Å². The molecule has 3 heteroatoms. The summed E-state index contributed by atoms with van der Waals surface area (Å²) >= 11 is -5.71. The standard InChI is InChI=1S/C24H38Ge2O/c1-19(2)25(20(3)4,21(5)6)27-26(22(7)8,23-15-11-9-12-16-23)24-17-13-10-14-18-24/h9-22H,1-8H3. The van der Waals surface area contributed by atoms with Gasteiger partial charge in [-0.25, -0.2) is 0 Å². The summed E-state index contributed by atoms with van der Waals surface area (Å²) in [6.45, 7) is 19.3. The molecule has 0 radical (unpaired) electrons. The van der Waals surface area contributed by atoms with Gasteiger partial charge in [-0.15, -0.1) is 0 Å². The molecule has 0 aromatic heterocycles. The predicted octanol–water partition coefficient (Wildman–Crippen LogP) is 6.35. The number of rotatable bonds is 8. The molecule has 2 rings (SSSR count). The molecule has 0 aliphatic rings. The predicted molar refractivity (Wildman–Crippen MR) is 125 cm³/mol. The molecule has 0 spiro atoms. The van der Waals surface area contributed by atoms with Crippen molar-refractivity contribution in [3.63, 3.8) is 0 Å². The molecule has 0 saturated carbocycles. The van der Waals surface area contributed by atoms with Crippen LogP contribution in [-0.4, -0.2) is 27.2 Å². The molecule has 0 bridgehead atoms. The van der Waals surface area contributed by atoms with Crippen molar-refractivity contribution in [2.75, 3.05) is 0 Å². The van der Waals surface area contributed by atoms with E-state index in [1.54, 1.807) is 0 Å². The van der Waals surface area contributed by atoms with Gasteiger partial charge in [0.1, 0.15) is 0 Å². The average molecular weight is 488 g/mol. The first-order valence-corrected chi connectivity index (χ1v) is 19.2. The second kappa shape index (κ2) is 9.32. The number of hydrogen-bond donors (Lipinski definition) is 0. The quantitative estimate of drug-likeness (QED) is 0.394. The van der Waals surface area contributed by atoms with Gasteiger partial charge in [0.2, 0.25) is 0 Å². The fraction of sp³-hybridized carbons (Fsp3) is 0.500. The van der Waals surface area contributed by atoms with Crippen LogP contribution in [0, 0.1) is 0 Å². The fourth-order valence-electron chi connectivity index (χ4n) is 5.07. The van der Waals surface area contributed by atoms with Crippen LogP contribution in [0.4, 0.5) is 0 Å². The van der Waals surface area contributed by atoms with Gasteiger partial charge in [-0.2, -0.15) is 0 Å². The van der Waals surface area contributed by atoms with E-state index < -0.39 is 27.2 Å². The van der Waals surface area contributed by atoms with E-state index >= 15 is 0 Å². The molecule has 0 saturated heterocycles. The van der Waals surface area contributed by atoms with Gasteiger partial charge in [-0.1, -0.05) is 0 Å². The van der Waals surface area contributed by atoms with E-state index in [9.17, 15) is 0 Å². The van der Waals surface area contributed by atoms with Crippen LogP contribution < -0.4 is 8.79 Å². The third kappa shape index (κ3) is 4.25. The molecule has 0 aliphatic heterocycles. The molecule has 27 heavy (non-hydrogen) atoms. The Morgan fingerprint density at radius 2 is 0.852 bits per heavy atom. The van der Waals surface area contributed by atoms with Crippen molar-refractivity contribution < 1.29 is 2.79 Å². The number of benzene rings is 2. The monoisotopic (exact) mass is 490 g/mol. The Balaban J connectivity index is 2.80. The molecule has 0 amide bonds. The minimum absolute atomic E-state index is 0.524. The van der Waals surface area contributed by atoms with Crippen molar-refractivity contribution in [2.45, 2.75) is 74.4 Å². The third-order valence-corrected chi connectivity index (χ3v) is 34.8. The van der Waals surface area contributed by atoms with E-state index in [0.29, 0.717) is 19.0 Å². The van der Waals surface area contributed by atoms with Crippen molar-refractivity contribution in [1.82, 2.24) is 0 Å². The van der Waals surface area contributed by atoms with E-state index in [4.69, 9.17) is 2.79 Å². The Morgan fingerprint density at radius 3 is 1.11 bits per heavy atom. The Hall–Kier alpha value is -0.514. The molecule has 0 fully saturated rings.